The van der Waals surface area contributed by atoms with Crippen LogP contribution >= 0.6 is 35.3 Å². The molecule has 0 aromatic carbocycles. The van der Waals surface area contributed by atoms with Crippen molar-refractivity contribution >= 4 is 35.3 Å². The van der Waals surface area contributed by atoms with Crippen LogP contribution in [-0.4, -0.2) is 48.9 Å². The lowest BCUT2D eigenvalue weighted by Gasteiger charge is -2.41. The minimum absolute atomic E-state index is 0.754. The first-order valence-corrected chi connectivity index (χ1v) is 8.98. The molecule has 0 aromatic heterocycles. The van der Waals surface area contributed by atoms with Crippen LogP contribution in [0.1, 0.15) is 27.7 Å². The van der Waals surface area contributed by atoms with Crippen LogP contribution in [-0.2, 0) is 0 Å². The van der Waals surface area contributed by atoms with Gasteiger partial charge >= 0.3 is 0 Å². The molecule has 0 rings (SSSR count). The molecule has 0 fully saturated rings. The molecule has 0 saturated heterocycles. The maximum atomic E-state index is 10.2. The summed E-state index contributed by atoms with van der Waals surface area (Å²) in [6, 6.07) is 0. The van der Waals surface area contributed by atoms with Crippen molar-refractivity contribution < 1.29 is 15.3 Å². The van der Waals surface area contributed by atoms with Gasteiger partial charge in [0.15, 0.2) is 0 Å². The summed E-state index contributed by atoms with van der Waals surface area (Å²) in [4.78, 5) is 0. The Kier molecular flexibility index (Phi) is 9.42. The van der Waals surface area contributed by atoms with Crippen molar-refractivity contribution in [3.8, 4) is 0 Å². The third-order valence-electron chi connectivity index (χ3n) is 2.57. The molecule has 3 unspecified atom stereocenters. The van der Waals surface area contributed by atoms with Gasteiger partial charge in [-0.3, -0.25) is 0 Å². The van der Waals surface area contributed by atoms with Gasteiger partial charge in [0.1, 0.15) is 16.3 Å². The highest BCUT2D eigenvalue weighted by molar-refractivity contribution is 8.01. The topological polar surface area (TPSA) is 60.7 Å². The second-order valence-electron chi connectivity index (χ2n) is 3.79. The molecule has 6 heteroatoms. The SMILES string of the molecule is CCSC(O)C(C)(C(O)SCC)C(O)SCC. The summed E-state index contributed by atoms with van der Waals surface area (Å²) in [5.41, 5.74) is -3.22. The average Bonchev–Trinajstić information content (AvgIpc) is 2.28. The van der Waals surface area contributed by atoms with Crippen LogP contribution < -0.4 is 0 Å². The van der Waals surface area contributed by atoms with Gasteiger partial charge in [0, 0.05) is 0 Å². The highest BCUT2D eigenvalue weighted by Crippen LogP contribution is 2.44. The van der Waals surface area contributed by atoms with E-state index in [1.54, 1.807) is 6.92 Å². The molecule has 3 atom stereocenters. The maximum Gasteiger partial charge on any atom is 0.111 e. The van der Waals surface area contributed by atoms with E-state index >= 15 is 0 Å². The largest absolute Gasteiger partial charge is 0.382 e. The Labute approximate surface area is 117 Å². The normalized spacial score (nSPS) is 20.6. The minimum Gasteiger partial charge on any atom is -0.382 e. The molecule has 0 aliphatic rings. The molecule has 104 valence electrons. The fraction of sp³-hybridized carbons (Fsp3) is 1.00. The second-order valence-corrected chi connectivity index (χ2v) is 7.86. The smallest absolute Gasteiger partial charge is 0.111 e. The number of thioether (sulfide) groups is 3. The van der Waals surface area contributed by atoms with E-state index in [0.29, 0.717) is 0 Å². The van der Waals surface area contributed by atoms with Crippen LogP contribution in [0.3, 0.4) is 0 Å². The Morgan fingerprint density at radius 2 is 1.00 bits per heavy atom. The van der Waals surface area contributed by atoms with Gasteiger partial charge in [-0.25, -0.2) is 0 Å². The Hall–Kier alpha value is 0.930. The summed E-state index contributed by atoms with van der Waals surface area (Å²) in [6.45, 7) is 7.61. The van der Waals surface area contributed by atoms with Gasteiger partial charge < -0.3 is 15.3 Å². The number of aliphatic hydroxyl groups excluding tert-OH is 3. The minimum atomic E-state index is -0.915. The first kappa shape index (κ1) is 17.9. The molecule has 0 bridgehead atoms. The highest BCUT2D eigenvalue weighted by Gasteiger charge is 2.46. The summed E-state index contributed by atoms with van der Waals surface area (Å²) < 4.78 is 0. The van der Waals surface area contributed by atoms with Crippen LogP contribution in [0, 0.1) is 5.41 Å². The highest BCUT2D eigenvalue weighted by atomic mass is 32.2. The number of hydrogen-bond donors (Lipinski definition) is 3. The van der Waals surface area contributed by atoms with Crippen LogP contribution in [0.4, 0.5) is 0 Å². The number of hydrogen-bond acceptors (Lipinski definition) is 6. The van der Waals surface area contributed by atoms with Crippen molar-refractivity contribution in [1.29, 1.82) is 0 Å². The first-order chi connectivity index (χ1) is 7.94. The van der Waals surface area contributed by atoms with Crippen LogP contribution in [0.25, 0.3) is 0 Å². The summed E-state index contributed by atoms with van der Waals surface area (Å²) in [5.74, 6) is 2.26. The van der Waals surface area contributed by atoms with Crippen LogP contribution in [0.2, 0.25) is 0 Å². The van der Waals surface area contributed by atoms with Gasteiger partial charge in [-0.1, -0.05) is 20.8 Å². The lowest BCUT2D eigenvalue weighted by molar-refractivity contribution is -0.0287. The van der Waals surface area contributed by atoms with Crippen molar-refractivity contribution in [3.63, 3.8) is 0 Å². The van der Waals surface area contributed by atoms with Gasteiger partial charge in [-0.05, 0) is 24.2 Å². The van der Waals surface area contributed by atoms with Crippen LogP contribution in [0.5, 0.6) is 0 Å². The summed E-state index contributed by atoms with van der Waals surface area (Å²) in [7, 11) is 0. The van der Waals surface area contributed by atoms with Gasteiger partial charge in [-0.2, -0.15) is 0 Å². The molecule has 0 spiro atoms. The zero-order chi connectivity index (χ0) is 13.5. The third-order valence-corrected chi connectivity index (χ3v) is 6.04. The molecule has 0 radical (unpaired) electrons. The average molecular weight is 301 g/mol. The van der Waals surface area contributed by atoms with Crippen molar-refractivity contribution in [2.24, 2.45) is 5.41 Å². The van der Waals surface area contributed by atoms with Gasteiger partial charge in [-0.15, -0.1) is 35.3 Å². The Bertz CT molecular complexity index is 173. The van der Waals surface area contributed by atoms with E-state index in [2.05, 4.69) is 0 Å². The fourth-order valence-corrected chi connectivity index (χ4v) is 4.43. The molecular weight excluding hydrogens is 276 g/mol. The predicted octanol–water partition coefficient (Wildman–Crippen LogP) is 2.21. The number of aliphatic hydroxyl groups is 3. The van der Waals surface area contributed by atoms with Gasteiger partial charge in [0.25, 0.3) is 0 Å². The summed E-state index contributed by atoms with van der Waals surface area (Å²) >= 11 is 4.07. The second kappa shape index (κ2) is 8.93. The number of rotatable bonds is 9. The molecule has 3 N–H and O–H groups in total. The molecular formula is C11H24O3S3. The van der Waals surface area contributed by atoms with E-state index in [-0.39, 0.29) is 0 Å². The maximum absolute atomic E-state index is 10.2. The van der Waals surface area contributed by atoms with E-state index < -0.39 is 21.7 Å². The molecule has 0 aromatic rings. The molecule has 0 aliphatic carbocycles. The summed E-state index contributed by atoms with van der Waals surface area (Å²) in [6.07, 6.45) is 0. The van der Waals surface area contributed by atoms with Gasteiger partial charge in [0.05, 0.1) is 5.41 Å². The van der Waals surface area contributed by atoms with Crippen molar-refractivity contribution in [2.45, 2.75) is 44.0 Å². The van der Waals surface area contributed by atoms with E-state index in [0.717, 1.165) is 17.3 Å². The summed E-state index contributed by atoms with van der Waals surface area (Å²) in [5, 5.41) is 30.5. The lowest BCUT2D eigenvalue weighted by Crippen LogP contribution is -2.48. The molecule has 17 heavy (non-hydrogen) atoms. The lowest BCUT2D eigenvalue weighted by atomic mass is 9.93. The fourth-order valence-electron chi connectivity index (χ4n) is 1.38. The zero-order valence-corrected chi connectivity index (χ0v) is 13.4. The Morgan fingerprint density at radius 3 is 1.18 bits per heavy atom. The van der Waals surface area contributed by atoms with Crippen molar-refractivity contribution in [1.82, 2.24) is 0 Å². The van der Waals surface area contributed by atoms with Crippen molar-refractivity contribution in [3.05, 3.63) is 0 Å². The molecule has 0 saturated carbocycles. The van der Waals surface area contributed by atoms with Crippen LogP contribution in [0.15, 0.2) is 0 Å². The van der Waals surface area contributed by atoms with Crippen molar-refractivity contribution in [2.75, 3.05) is 17.3 Å². The van der Waals surface area contributed by atoms with E-state index in [1.165, 1.54) is 35.3 Å². The molecule has 0 amide bonds. The Morgan fingerprint density at radius 1 is 0.765 bits per heavy atom. The van der Waals surface area contributed by atoms with E-state index in [4.69, 9.17) is 0 Å². The van der Waals surface area contributed by atoms with E-state index in [9.17, 15) is 15.3 Å². The standard InChI is InChI=1S/C11H24O3S3/c1-5-15-8(12)11(4,9(13)16-6-2)10(14)17-7-3/h8-10,12-14H,5-7H2,1-4H3. The van der Waals surface area contributed by atoms with E-state index in [1.807, 2.05) is 20.8 Å². The third kappa shape index (κ3) is 4.84. The zero-order valence-electron chi connectivity index (χ0n) is 10.9. The van der Waals surface area contributed by atoms with Gasteiger partial charge in [0.2, 0.25) is 0 Å². The molecule has 0 aliphatic heterocycles. The molecule has 0 heterocycles. The monoisotopic (exact) mass is 300 g/mol. The predicted molar refractivity (Wildman–Crippen MR) is 80.5 cm³/mol. The molecule has 3 nitrogen and oxygen atoms in total. The first-order valence-electron chi connectivity index (χ1n) is 5.84. The Balaban J connectivity index is 4.90. The quantitative estimate of drug-likeness (QED) is 0.568.